The van der Waals surface area contributed by atoms with Gasteiger partial charge in [0.25, 0.3) is 5.91 Å². The van der Waals surface area contributed by atoms with Crippen molar-refractivity contribution in [3.8, 4) is 5.75 Å². The van der Waals surface area contributed by atoms with Gasteiger partial charge in [-0.05, 0) is 34.8 Å². The summed E-state index contributed by atoms with van der Waals surface area (Å²) in [6.07, 6.45) is 3.90. The van der Waals surface area contributed by atoms with Gasteiger partial charge >= 0.3 is 0 Å². The van der Waals surface area contributed by atoms with Crippen LogP contribution in [-0.2, 0) is 0 Å². The Bertz CT molecular complexity index is 377. The Morgan fingerprint density at radius 3 is 2.93 bits per heavy atom. The third-order valence-corrected chi connectivity index (χ3v) is 2.53. The third kappa shape index (κ3) is 1.87. The zero-order valence-electron chi connectivity index (χ0n) is 7.37. The molecule has 1 amide bonds. The Balaban J connectivity index is 2.35. The molecule has 0 aromatic carbocycles. The third-order valence-electron chi connectivity index (χ3n) is 1.93. The van der Waals surface area contributed by atoms with E-state index < -0.39 is 5.91 Å². The number of nitrogens with zero attached hydrogens (tertiary/aromatic N) is 1. The quantitative estimate of drug-likeness (QED) is 0.834. The lowest BCUT2D eigenvalue weighted by atomic mass is 10.2. The summed E-state index contributed by atoms with van der Waals surface area (Å²) in [7, 11) is 0. The van der Waals surface area contributed by atoms with Gasteiger partial charge in [-0.15, -0.1) is 0 Å². The van der Waals surface area contributed by atoms with Gasteiger partial charge in [-0.1, -0.05) is 0 Å². The molecule has 4 nitrogen and oxygen atoms in total. The number of pyridine rings is 1. The standard InChI is InChI=1S/C9H9BrN2O2/c10-8-7(9(11)13)6(3-4-12-8)14-5-1-2-5/h3-5H,1-2H2,(H2,11,13). The normalized spacial score (nSPS) is 15.2. The second-order valence-corrected chi connectivity index (χ2v) is 3.91. The van der Waals surface area contributed by atoms with E-state index in [-0.39, 0.29) is 6.10 Å². The maximum absolute atomic E-state index is 11.1. The smallest absolute Gasteiger partial charge is 0.255 e. The summed E-state index contributed by atoms with van der Waals surface area (Å²) in [4.78, 5) is 15.0. The molecule has 0 saturated heterocycles. The lowest BCUT2D eigenvalue weighted by Gasteiger charge is -2.08. The number of hydrogen-bond donors (Lipinski definition) is 1. The topological polar surface area (TPSA) is 65.2 Å². The molecule has 0 radical (unpaired) electrons. The Morgan fingerprint density at radius 2 is 2.36 bits per heavy atom. The molecule has 1 aliphatic rings. The van der Waals surface area contributed by atoms with Crippen molar-refractivity contribution in [2.75, 3.05) is 0 Å². The van der Waals surface area contributed by atoms with Crippen LogP contribution in [0.5, 0.6) is 5.75 Å². The first-order valence-electron chi connectivity index (χ1n) is 4.29. The van der Waals surface area contributed by atoms with Crippen LogP contribution in [0.15, 0.2) is 16.9 Å². The van der Waals surface area contributed by atoms with E-state index in [0.29, 0.717) is 15.9 Å². The molecule has 0 spiro atoms. The predicted molar refractivity (Wildman–Crippen MR) is 54.1 cm³/mol. The van der Waals surface area contributed by atoms with Crippen LogP contribution in [0, 0.1) is 0 Å². The van der Waals surface area contributed by atoms with E-state index >= 15 is 0 Å². The van der Waals surface area contributed by atoms with E-state index in [1.165, 1.54) is 0 Å². The number of amides is 1. The second kappa shape index (κ2) is 3.57. The molecule has 1 heterocycles. The largest absolute Gasteiger partial charge is 0.489 e. The number of aromatic nitrogens is 1. The highest BCUT2D eigenvalue weighted by Gasteiger charge is 2.26. The highest BCUT2D eigenvalue weighted by Crippen LogP contribution is 2.31. The Kier molecular flexibility index (Phi) is 2.41. The lowest BCUT2D eigenvalue weighted by molar-refractivity contribution is 0.0994. The van der Waals surface area contributed by atoms with Crippen molar-refractivity contribution in [1.29, 1.82) is 0 Å². The molecule has 0 unspecified atom stereocenters. The van der Waals surface area contributed by atoms with Gasteiger partial charge in [0.1, 0.15) is 15.9 Å². The molecule has 0 atom stereocenters. The SMILES string of the molecule is NC(=O)c1c(OC2CC2)ccnc1Br. The summed E-state index contributed by atoms with van der Waals surface area (Å²) < 4.78 is 5.96. The van der Waals surface area contributed by atoms with Crippen LogP contribution in [-0.4, -0.2) is 17.0 Å². The molecule has 2 rings (SSSR count). The summed E-state index contributed by atoms with van der Waals surface area (Å²) >= 11 is 3.17. The van der Waals surface area contributed by atoms with Crippen molar-refractivity contribution in [2.24, 2.45) is 5.73 Å². The summed E-state index contributed by atoms with van der Waals surface area (Å²) in [5, 5.41) is 0. The van der Waals surface area contributed by atoms with Crippen molar-refractivity contribution in [3.05, 3.63) is 22.4 Å². The van der Waals surface area contributed by atoms with Crippen molar-refractivity contribution >= 4 is 21.8 Å². The van der Waals surface area contributed by atoms with Crippen molar-refractivity contribution in [2.45, 2.75) is 18.9 Å². The van der Waals surface area contributed by atoms with Crippen LogP contribution in [0.3, 0.4) is 0 Å². The van der Waals surface area contributed by atoms with Gasteiger partial charge in [0.15, 0.2) is 0 Å². The lowest BCUT2D eigenvalue weighted by Crippen LogP contribution is -2.15. The van der Waals surface area contributed by atoms with Crippen LogP contribution in [0.25, 0.3) is 0 Å². The average molecular weight is 257 g/mol. The number of carbonyl (C=O) groups is 1. The number of rotatable bonds is 3. The van der Waals surface area contributed by atoms with Crippen molar-refractivity contribution in [1.82, 2.24) is 4.98 Å². The fourth-order valence-electron chi connectivity index (χ4n) is 1.11. The first kappa shape index (κ1) is 9.45. The average Bonchev–Trinajstić information content (AvgIpc) is 2.87. The highest BCUT2D eigenvalue weighted by molar-refractivity contribution is 9.10. The molecule has 0 aliphatic heterocycles. The zero-order valence-corrected chi connectivity index (χ0v) is 8.95. The summed E-state index contributed by atoms with van der Waals surface area (Å²) in [6.45, 7) is 0. The van der Waals surface area contributed by atoms with E-state index in [4.69, 9.17) is 10.5 Å². The number of ether oxygens (including phenoxy) is 1. The number of primary amides is 1. The second-order valence-electron chi connectivity index (χ2n) is 3.16. The van der Waals surface area contributed by atoms with Crippen molar-refractivity contribution in [3.63, 3.8) is 0 Å². The number of carbonyl (C=O) groups excluding carboxylic acids is 1. The van der Waals surface area contributed by atoms with Crippen molar-refractivity contribution < 1.29 is 9.53 Å². The van der Waals surface area contributed by atoms with E-state index in [2.05, 4.69) is 20.9 Å². The molecular weight excluding hydrogens is 248 g/mol. The molecule has 5 heteroatoms. The molecule has 1 aromatic heterocycles. The van der Waals surface area contributed by atoms with Gasteiger partial charge in [-0.3, -0.25) is 4.79 Å². The predicted octanol–water partition coefficient (Wildman–Crippen LogP) is 1.48. The number of halogens is 1. The zero-order chi connectivity index (χ0) is 10.1. The molecule has 0 bridgehead atoms. The monoisotopic (exact) mass is 256 g/mol. The number of hydrogen-bond acceptors (Lipinski definition) is 3. The van der Waals surface area contributed by atoms with Crippen LogP contribution >= 0.6 is 15.9 Å². The van der Waals surface area contributed by atoms with Gasteiger partial charge in [0, 0.05) is 6.20 Å². The minimum Gasteiger partial charge on any atom is -0.489 e. The maximum atomic E-state index is 11.1. The van der Waals surface area contributed by atoms with Crippen LogP contribution in [0.2, 0.25) is 0 Å². The summed E-state index contributed by atoms with van der Waals surface area (Å²) in [6, 6.07) is 1.66. The molecule has 2 N–H and O–H groups in total. The molecule has 1 aliphatic carbocycles. The fraction of sp³-hybridized carbons (Fsp3) is 0.333. The van der Waals surface area contributed by atoms with Gasteiger partial charge in [-0.25, -0.2) is 4.98 Å². The van der Waals surface area contributed by atoms with E-state index in [0.717, 1.165) is 12.8 Å². The van der Waals surface area contributed by atoms with Crippen LogP contribution in [0.4, 0.5) is 0 Å². The Labute approximate surface area is 89.6 Å². The highest BCUT2D eigenvalue weighted by atomic mass is 79.9. The molecular formula is C9H9BrN2O2. The molecule has 1 saturated carbocycles. The fourth-order valence-corrected chi connectivity index (χ4v) is 1.62. The van der Waals surface area contributed by atoms with Gasteiger partial charge < -0.3 is 10.5 Å². The van der Waals surface area contributed by atoms with Gasteiger partial charge in [0.05, 0.1) is 6.10 Å². The van der Waals surface area contributed by atoms with Gasteiger partial charge in [-0.2, -0.15) is 0 Å². The minimum atomic E-state index is -0.527. The summed E-state index contributed by atoms with van der Waals surface area (Å²) in [5.41, 5.74) is 5.54. The first-order chi connectivity index (χ1) is 6.68. The summed E-state index contributed by atoms with van der Waals surface area (Å²) in [5.74, 6) is -0.0116. The Morgan fingerprint density at radius 1 is 1.64 bits per heavy atom. The number of nitrogens with two attached hydrogens (primary N) is 1. The Hall–Kier alpha value is -1.10. The van der Waals surface area contributed by atoms with E-state index in [1.807, 2.05) is 0 Å². The molecule has 74 valence electrons. The minimum absolute atomic E-state index is 0.238. The van der Waals surface area contributed by atoms with E-state index in [1.54, 1.807) is 12.3 Å². The maximum Gasteiger partial charge on any atom is 0.255 e. The molecule has 1 aromatic rings. The molecule has 14 heavy (non-hydrogen) atoms. The van der Waals surface area contributed by atoms with Gasteiger partial charge in [0.2, 0.25) is 0 Å². The van der Waals surface area contributed by atoms with Crippen LogP contribution in [0.1, 0.15) is 23.2 Å². The van der Waals surface area contributed by atoms with E-state index in [9.17, 15) is 4.79 Å². The molecule has 1 fully saturated rings. The first-order valence-corrected chi connectivity index (χ1v) is 5.08. The van der Waals surface area contributed by atoms with Crippen LogP contribution < -0.4 is 10.5 Å².